The van der Waals surface area contributed by atoms with E-state index in [1.165, 1.54) is 6.08 Å². The topological polar surface area (TPSA) is 58.6 Å². The molecule has 134 valence electrons. The second-order valence-electron chi connectivity index (χ2n) is 6.18. The summed E-state index contributed by atoms with van der Waals surface area (Å²) in [5.41, 5.74) is 2.19. The Labute approximate surface area is 153 Å². The van der Waals surface area contributed by atoms with Crippen molar-refractivity contribution in [3.63, 3.8) is 0 Å². The molecule has 5 heteroatoms. The van der Waals surface area contributed by atoms with Gasteiger partial charge >= 0.3 is 0 Å². The number of hydrogen-bond acceptors (Lipinski definition) is 3. The van der Waals surface area contributed by atoms with Gasteiger partial charge in [-0.1, -0.05) is 12.1 Å². The van der Waals surface area contributed by atoms with Gasteiger partial charge in [0.25, 0.3) is 5.91 Å². The molecule has 1 fully saturated rings. The molecular formula is C21H22N2O3. The van der Waals surface area contributed by atoms with Crippen LogP contribution in [-0.2, 0) is 4.79 Å². The smallest absolute Gasteiger partial charge is 0.253 e. The number of ether oxygens (including phenoxy) is 1. The molecule has 1 heterocycles. The number of carbonyl (C=O) groups excluding carboxylic acids is 2. The van der Waals surface area contributed by atoms with E-state index in [0.29, 0.717) is 11.3 Å². The maximum Gasteiger partial charge on any atom is 0.253 e. The lowest BCUT2D eigenvalue weighted by Crippen LogP contribution is -2.27. The third-order valence-electron chi connectivity index (χ3n) is 4.31. The Balaban J connectivity index is 1.58. The third-order valence-corrected chi connectivity index (χ3v) is 4.31. The van der Waals surface area contributed by atoms with Crippen molar-refractivity contribution in [1.82, 2.24) is 4.90 Å². The minimum atomic E-state index is -0.230. The number of amides is 2. The maximum absolute atomic E-state index is 12.3. The zero-order valence-electron chi connectivity index (χ0n) is 14.8. The summed E-state index contributed by atoms with van der Waals surface area (Å²) in [6.45, 7) is 1.65. The second kappa shape index (κ2) is 8.34. The minimum absolute atomic E-state index is 0.0540. The van der Waals surface area contributed by atoms with Crippen molar-refractivity contribution >= 4 is 23.6 Å². The standard InChI is InChI=1S/C21H22N2O3/c1-26-19-6-4-5-16(15-19)7-12-20(24)22-18-10-8-17(9-11-18)21(25)23-13-2-3-14-23/h4-12,15H,2-3,13-14H2,1H3,(H,22,24). The first-order valence-corrected chi connectivity index (χ1v) is 8.68. The average molecular weight is 350 g/mol. The number of hydrogen-bond donors (Lipinski definition) is 1. The average Bonchev–Trinajstić information content (AvgIpc) is 3.21. The summed E-state index contributed by atoms with van der Waals surface area (Å²) < 4.78 is 5.16. The van der Waals surface area contributed by atoms with Gasteiger partial charge in [0, 0.05) is 30.4 Å². The van der Waals surface area contributed by atoms with E-state index >= 15 is 0 Å². The third kappa shape index (κ3) is 4.51. The molecule has 2 aromatic carbocycles. The lowest BCUT2D eigenvalue weighted by atomic mass is 10.1. The molecular weight excluding hydrogens is 328 g/mol. The Morgan fingerprint density at radius 3 is 2.50 bits per heavy atom. The van der Waals surface area contributed by atoms with Crippen LogP contribution in [0.5, 0.6) is 5.75 Å². The molecule has 0 saturated carbocycles. The fourth-order valence-electron chi connectivity index (χ4n) is 2.90. The van der Waals surface area contributed by atoms with E-state index in [1.54, 1.807) is 37.5 Å². The Bertz CT molecular complexity index is 806. The fraction of sp³-hybridized carbons (Fsp3) is 0.238. The quantitative estimate of drug-likeness (QED) is 0.839. The van der Waals surface area contributed by atoms with Crippen molar-refractivity contribution < 1.29 is 14.3 Å². The monoisotopic (exact) mass is 350 g/mol. The number of rotatable bonds is 5. The lowest BCUT2D eigenvalue weighted by molar-refractivity contribution is -0.111. The Morgan fingerprint density at radius 1 is 1.08 bits per heavy atom. The molecule has 26 heavy (non-hydrogen) atoms. The van der Waals surface area contributed by atoms with E-state index in [9.17, 15) is 9.59 Å². The molecule has 0 radical (unpaired) electrons. The van der Waals surface area contributed by atoms with E-state index in [1.807, 2.05) is 29.2 Å². The summed E-state index contributed by atoms with van der Waals surface area (Å²) in [5, 5.41) is 2.79. The Hall–Kier alpha value is -3.08. The van der Waals surface area contributed by atoms with Crippen LogP contribution in [0.3, 0.4) is 0 Å². The van der Waals surface area contributed by atoms with Gasteiger partial charge in [-0.3, -0.25) is 9.59 Å². The van der Waals surface area contributed by atoms with Gasteiger partial charge in [0.2, 0.25) is 5.91 Å². The summed E-state index contributed by atoms with van der Waals surface area (Å²) in [7, 11) is 1.60. The Morgan fingerprint density at radius 2 is 1.81 bits per heavy atom. The molecule has 5 nitrogen and oxygen atoms in total. The van der Waals surface area contributed by atoms with Gasteiger partial charge in [-0.25, -0.2) is 0 Å². The van der Waals surface area contributed by atoms with E-state index < -0.39 is 0 Å². The molecule has 0 unspecified atom stereocenters. The number of likely N-dealkylation sites (tertiary alicyclic amines) is 1. The van der Waals surface area contributed by atoms with Crippen molar-refractivity contribution in [3.8, 4) is 5.75 Å². The van der Waals surface area contributed by atoms with Gasteiger partial charge in [-0.05, 0) is 60.9 Å². The molecule has 3 rings (SSSR count). The highest BCUT2D eigenvalue weighted by atomic mass is 16.5. The van der Waals surface area contributed by atoms with Crippen LogP contribution in [0, 0.1) is 0 Å². The summed E-state index contributed by atoms with van der Waals surface area (Å²) in [6, 6.07) is 14.5. The highest BCUT2D eigenvalue weighted by Gasteiger charge is 2.19. The number of carbonyl (C=O) groups is 2. The van der Waals surface area contributed by atoms with E-state index in [0.717, 1.165) is 37.2 Å². The summed E-state index contributed by atoms with van der Waals surface area (Å²) in [5.74, 6) is 0.565. The molecule has 0 bridgehead atoms. The van der Waals surface area contributed by atoms with Gasteiger partial charge in [-0.2, -0.15) is 0 Å². The molecule has 2 aromatic rings. The maximum atomic E-state index is 12.3. The lowest BCUT2D eigenvalue weighted by Gasteiger charge is -2.15. The number of benzene rings is 2. The number of anilines is 1. The highest BCUT2D eigenvalue weighted by Crippen LogP contribution is 2.16. The zero-order chi connectivity index (χ0) is 18.4. The first kappa shape index (κ1) is 17.7. The van der Waals surface area contributed by atoms with Crippen LogP contribution < -0.4 is 10.1 Å². The largest absolute Gasteiger partial charge is 0.497 e. The van der Waals surface area contributed by atoms with Crippen LogP contribution in [-0.4, -0.2) is 36.9 Å². The normalized spacial score (nSPS) is 13.8. The first-order valence-electron chi connectivity index (χ1n) is 8.68. The number of nitrogens with one attached hydrogen (secondary N) is 1. The summed E-state index contributed by atoms with van der Waals surface area (Å²) >= 11 is 0. The summed E-state index contributed by atoms with van der Waals surface area (Å²) in [4.78, 5) is 26.2. The molecule has 1 N–H and O–H groups in total. The van der Waals surface area contributed by atoms with Crippen molar-refractivity contribution in [2.75, 3.05) is 25.5 Å². The Kier molecular flexibility index (Phi) is 5.69. The SMILES string of the molecule is COc1cccc(C=CC(=O)Nc2ccc(C(=O)N3CCCC3)cc2)c1. The molecule has 0 aromatic heterocycles. The van der Waals surface area contributed by atoms with Gasteiger partial charge < -0.3 is 15.0 Å². The van der Waals surface area contributed by atoms with Crippen LogP contribution in [0.15, 0.2) is 54.6 Å². The van der Waals surface area contributed by atoms with E-state index in [-0.39, 0.29) is 11.8 Å². The van der Waals surface area contributed by atoms with Crippen LogP contribution in [0.4, 0.5) is 5.69 Å². The van der Waals surface area contributed by atoms with Crippen molar-refractivity contribution in [3.05, 3.63) is 65.7 Å². The van der Waals surface area contributed by atoms with Crippen LogP contribution in [0.25, 0.3) is 6.08 Å². The van der Waals surface area contributed by atoms with Crippen molar-refractivity contribution in [1.29, 1.82) is 0 Å². The molecule has 0 atom stereocenters. The molecule has 1 aliphatic rings. The van der Waals surface area contributed by atoms with Crippen molar-refractivity contribution in [2.24, 2.45) is 0 Å². The van der Waals surface area contributed by atoms with Crippen LogP contribution in [0.1, 0.15) is 28.8 Å². The van der Waals surface area contributed by atoms with E-state index in [2.05, 4.69) is 5.32 Å². The molecule has 0 aliphatic carbocycles. The minimum Gasteiger partial charge on any atom is -0.497 e. The first-order chi connectivity index (χ1) is 12.7. The second-order valence-corrected chi connectivity index (χ2v) is 6.18. The number of nitrogens with zero attached hydrogens (tertiary/aromatic N) is 1. The van der Waals surface area contributed by atoms with Gasteiger partial charge in [0.05, 0.1) is 7.11 Å². The predicted molar refractivity (Wildman–Crippen MR) is 102 cm³/mol. The van der Waals surface area contributed by atoms with Crippen LogP contribution >= 0.6 is 0 Å². The predicted octanol–water partition coefficient (Wildman–Crippen LogP) is 3.58. The molecule has 2 amide bonds. The zero-order valence-corrected chi connectivity index (χ0v) is 14.8. The summed E-state index contributed by atoms with van der Waals surface area (Å²) in [6.07, 6.45) is 5.33. The molecule has 0 spiro atoms. The molecule has 1 saturated heterocycles. The van der Waals surface area contributed by atoms with Gasteiger partial charge in [-0.15, -0.1) is 0 Å². The van der Waals surface area contributed by atoms with Gasteiger partial charge in [0.1, 0.15) is 5.75 Å². The van der Waals surface area contributed by atoms with Crippen molar-refractivity contribution in [2.45, 2.75) is 12.8 Å². The van der Waals surface area contributed by atoms with E-state index in [4.69, 9.17) is 4.74 Å². The van der Waals surface area contributed by atoms with Gasteiger partial charge in [0.15, 0.2) is 0 Å². The molecule has 1 aliphatic heterocycles. The number of methoxy groups -OCH3 is 1. The fourth-order valence-corrected chi connectivity index (χ4v) is 2.90. The highest BCUT2D eigenvalue weighted by molar-refractivity contribution is 6.02. The van der Waals surface area contributed by atoms with Crippen LogP contribution in [0.2, 0.25) is 0 Å².